The summed E-state index contributed by atoms with van der Waals surface area (Å²) in [6.07, 6.45) is 0.227. The van der Waals surface area contributed by atoms with Gasteiger partial charge in [-0.05, 0) is 13.8 Å². The van der Waals surface area contributed by atoms with E-state index in [4.69, 9.17) is 10.2 Å². The van der Waals surface area contributed by atoms with Crippen molar-refractivity contribution in [3.63, 3.8) is 0 Å². The number of carbonyl (C=O) groups excluding carboxylic acids is 1. The lowest BCUT2D eigenvalue weighted by Crippen LogP contribution is -2.23. The van der Waals surface area contributed by atoms with E-state index in [2.05, 4.69) is 4.99 Å². The number of nitrogens with two attached hydrogens (primary N) is 1. The highest BCUT2D eigenvalue weighted by Crippen LogP contribution is 2.24. The van der Waals surface area contributed by atoms with Gasteiger partial charge >= 0.3 is 0 Å². The Morgan fingerprint density at radius 3 is 2.85 bits per heavy atom. The van der Waals surface area contributed by atoms with Crippen molar-refractivity contribution >= 4 is 11.7 Å². The smallest absolute Gasteiger partial charge is 0.255 e. The Kier molecular flexibility index (Phi) is 1.52. The summed E-state index contributed by atoms with van der Waals surface area (Å²) in [6.45, 7) is 3.77. The van der Waals surface area contributed by atoms with Crippen molar-refractivity contribution in [3.8, 4) is 0 Å². The molecular formula is C9H10N2O2. The number of carbonyl (C=O) groups is 1. The van der Waals surface area contributed by atoms with Crippen molar-refractivity contribution in [2.45, 2.75) is 20.3 Å². The first-order valence-electron chi connectivity index (χ1n) is 4.06. The SMILES string of the molecule is Cc1oc2c(c1C)C(N)=NC(=O)C2. The molecule has 4 nitrogen and oxygen atoms in total. The predicted molar refractivity (Wildman–Crippen MR) is 47.6 cm³/mol. The van der Waals surface area contributed by atoms with Crippen LogP contribution >= 0.6 is 0 Å². The Morgan fingerprint density at radius 2 is 2.15 bits per heavy atom. The fourth-order valence-electron chi connectivity index (χ4n) is 1.52. The molecule has 0 atom stereocenters. The van der Waals surface area contributed by atoms with Crippen molar-refractivity contribution in [1.82, 2.24) is 0 Å². The van der Waals surface area contributed by atoms with E-state index >= 15 is 0 Å². The molecule has 1 amide bonds. The number of fused-ring (bicyclic) bond motifs is 1. The van der Waals surface area contributed by atoms with Crippen LogP contribution in [0.3, 0.4) is 0 Å². The number of aliphatic imine (C=N–C) groups is 1. The zero-order valence-electron chi connectivity index (χ0n) is 7.55. The van der Waals surface area contributed by atoms with Crippen molar-refractivity contribution in [3.05, 3.63) is 22.6 Å². The van der Waals surface area contributed by atoms with Gasteiger partial charge in [0.05, 0.1) is 12.0 Å². The van der Waals surface area contributed by atoms with Gasteiger partial charge in [-0.3, -0.25) is 4.79 Å². The zero-order chi connectivity index (χ0) is 9.59. The third-order valence-corrected chi connectivity index (χ3v) is 2.27. The van der Waals surface area contributed by atoms with Crippen LogP contribution in [0.25, 0.3) is 0 Å². The molecule has 0 bridgehead atoms. The van der Waals surface area contributed by atoms with Gasteiger partial charge in [-0.2, -0.15) is 4.99 Å². The minimum absolute atomic E-state index is 0.227. The molecule has 0 spiro atoms. The van der Waals surface area contributed by atoms with Gasteiger partial charge in [0.15, 0.2) is 0 Å². The summed E-state index contributed by atoms with van der Waals surface area (Å²) in [5, 5.41) is 0. The summed E-state index contributed by atoms with van der Waals surface area (Å²) in [5.41, 5.74) is 7.40. The van der Waals surface area contributed by atoms with Crippen molar-refractivity contribution in [2.75, 3.05) is 0 Å². The molecule has 0 aliphatic carbocycles. The lowest BCUT2D eigenvalue weighted by Gasteiger charge is -2.06. The summed E-state index contributed by atoms with van der Waals surface area (Å²) in [6, 6.07) is 0. The Balaban J connectivity index is 2.67. The number of amides is 1. The van der Waals surface area contributed by atoms with Crippen LogP contribution in [0.5, 0.6) is 0 Å². The van der Waals surface area contributed by atoms with E-state index in [1.54, 1.807) is 0 Å². The van der Waals surface area contributed by atoms with Crippen LogP contribution in [0.4, 0.5) is 0 Å². The molecule has 13 heavy (non-hydrogen) atoms. The maximum Gasteiger partial charge on any atom is 0.255 e. The Morgan fingerprint density at radius 1 is 1.46 bits per heavy atom. The summed E-state index contributed by atoms with van der Waals surface area (Å²) in [5.74, 6) is 1.49. The molecule has 0 aromatic carbocycles. The first-order chi connectivity index (χ1) is 6.09. The molecule has 2 rings (SSSR count). The number of furan rings is 1. The van der Waals surface area contributed by atoms with Gasteiger partial charge in [0.1, 0.15) is 17.4 Å². The molecule has 1 aromatic heterocycles. The molecule has 0 saturated heterocycles. The maximum absolute atomic E-state index is 11.0. The second kappa shape index (κ2) is 2.45. The molecule has 4 heteroatoms. The fraction of sp³-hybridized carbons (Fsp3) is 0.333. The van der Waals surface area contributed by atoms with Gasteiger partial charge in [-0.25, -0.2) is 0 Å². The van der Waals surface area contributed by atoms with Gasteiger partial charge in [-0.1, -0.05) is 0 Å². The van der Waals surface area contributed by atoms with E-state index in [0.29, 0.717) is 5.76 Å². The molecule has 0 unspecified atom stereocenters. The predicted octanol–water partition coefficient (Wildman–Crippen LogP) is 0.684. The van der Waals surface area contributed by atoms with Gasteiger partial charge in [0, 0.05) is 5.56 Å². The van der Waals surface area contributed by atoms with Crippen LogP contribution in [0.15, 0.2) is 9.41 Å². The highest BCUT2D eigenvalue weighted by molar-refractivity contribution is 6.09. The number of aryl methyl sites for hydroxylation is 1. The van der Waals surface area contributed by atoms with Crippen molar-refractivity contribution < 1.29 is 9.21 Å². The average molecular weight is 178 g/mol. The quantitative estimate of drug-likeness (QED) is 0.635. The minimum Gasteiger partial charge on any atom is -0.465 e. The number of nitrogens with zero attached hydrogens (tertiary/aromatic N) is 1. The van der Waals surface area contributed by atoms with Gasteiger partial charge in [0.2, 0.25) is 0 Å². The number of amidine groups is 1. The largest absolute Gasteiger partial charge is 0.465 e. The molecule has 0 saturated carbocycles. The normalized spacial score (nSPS) is 15.5. The molecule has 2 N–H and O–H groups in total. The number of hydrogen-bond donors (Lipinski definition) is 1. The maximum atomic E-state index is 11.0. The summed E-state index contributed by atoms with van der Waals surface area (Å²) in [4.78, 5) is 14.7. The third kappa shape index (κ3) is 1.06. The second-order valence-electron chi connectivity index (χ2n) is 3.15. The van der Waals surface area contributed by atoms with E-state index in [-0.39, 0.29) is 18.2 Å². The van der Waals surface area contributed by atoms with Crippen LogP contribution in [0.1, 0.15) is 22.6 Å². The van der Waals surface area contributed by atoms with Crippen LogP contribution in [-0.4, -0.2) is 11.7 Å². The van der Waals surface area contributed by atoms with Crippen LogP contribution in [0, 0.1) is 13.8 Å². The van der Waals surface area contributed by atoms with Crippen LogP contribution < -0.4 is 5.73 Å². The molecule has 1 aliphatic heterocycles. The van der Waals surface area contributed by atoms with E-state index in [1.807, 2.05) is 13.8 Å². The topological polar surface area (TPSA) is 68.6 Å². The Hall–Kier alpha value is -1.58. The minimum atomic E-state index is -0.237. The first-order valence-corrected chi connectivity index (χ1v) is 4.06. The third-order valence-electron chi connectivity index (χ3n) is 2.27. The van der Waals surface area contributed by atoms with E-state index in [1.165, 1.54) is 0 Å². The van der Waals surface area contributed by atoms with E-state index < -0.39 is 0 Å². The summed E-state index contributed by atoms with van der Waals surface area (Å²) < 4.78 is 5.40. The van der Waals surface area contributed by atoms with E-state index in [0.717, 1.165) is 16.9 Å². The van der Waals surface area contributed by atoms with Crippen molar-refractivity contribution in [2.24, 2.45) is 10.7 Å². The monoisotopic (exact) mass is 178 g/mol. The lowest BCUT2D eigenvalue weighted by molar-refractivity contribution is -0.117. The Bertz CT molecular complexity index is 415. The average Bonchev–Trinajstić information content (AvgIpc) is 2.27. The second-order valence-corrected chi connectivity index (χ2v) is 3.15. The molecule has 68 valence electrons. The fourth-order valence-corrected chi connectivity index (χ4v) is 1.52. The first kappa shape index (κ1) is 8.04. The summed E-state index contributed by atoms with van der Waals surface area (Å²) >= 11 is 0. The van der Waals surface area contributed by atoms with E-state index in [9.17, 15) is 4.79 Å². The molecule has 0 fully saturated rings. The van der Waals surface area contributed by atoms with Gasteiger partial charge in [0.25, 0.3) is 5.91 Å². The molecule has 1 aliphatic rings. The van der Waals surface area contributed by atoms with Gasteiger partial charge in [-0.15, -0.1) is 0 Å². The molecular weight excluding hydrogens is 168 g/mol. The Labute approximate surface area is 75.4 Å². The summed E-state index contributed by atoms with van der Waals surface area (Å²) in [7, 11) is 0. The molecule has 2 heterocycles. The standard InChI is InChI=1S/C9H10N2O2/c1-4-5(2)13-6-3-7(12)11-9(10)8(4)6/h3H2,1-2H3,(H2,10,11,12). The lowest BCUT2D eigenvalue weighted by atomic mass is 10.1. The highest BCUT2D eigenvalue weighted by Gasteiger charge is 2.24. The zero-order valence-corrected chi connectivity index (χ0v) is 7.55. The molecule has 0 radical (unpaired) electrons. The number of rotatable bonds is 0. The van der Waals surface area contributed by atoms with Crippen LogP contribution in [0.2, 0.25) is 0 Å². The highest BCUT2D eigenvalue weighted by atomic mass is 16.3. The van der Waals surface area contributed by atoms with Crippen LogP contribution in [-0.2, 0) is 11.2 Å². The van der Waals surface area contributed by atoms with Gasteiger partial charge < -0.3 is 10.2 Å². The number of hydrogen-bond acceptors (Lipinski definition) is 3. The molecule has 1 aromatic rings. The van der Waals surface area contributed by atoms with Crippen molar-refractivity contribution in [1.29, 1.82) is 0 Å².